The van der Waals surface area contributed by atoms with E-state index in [-0.39, 0.29) is 106 Å². The van der Waals surface area contributed by atoms with Crippen LogP contribution in [0, 0.1) is 0 Å². The van der Waals surface area contributed by atoms with E-state index < -0.39 is 0 Å². The van der Waals surface area contributed by atoms with Crippen molar-refractivity contribution in [1.82, 2.24) is 0 Å². The van der Waals surface area contributed by atoms with Crippen molar-refractivity contribution in [3.63, 3.8) is 0 Å². The molecule has 4 radical (unpaired) electrons. The third kappa shape index (κ3) is 55.8. The summed E-state index contributed by atoms with van der Waals surface area (Å²) in [7, 11) is 0. The van der Waals surface area contributed by atoms with E-state index in [0.717, 1.165) is 0 Å². The number of carbonyl (C=O) groups excluding carboxylic acids is 1. The van der Waals surface area contributed by atoms with Gasteiger partial charge in [0.1, 0.15) is 0 Å². The number of carbonyl (C=O) groups is 1. The fraction of sp³-hybridized carbons (Fsp3) is 0. The summed E-state index contributed by atoms with van der Waals surface area (Å²) < 4.78 is 0. The first-order valence-corrected chi connectivity index (χ1v) is 0.569. The van der Waals surface area contributed by atoms with Crippen LogP contribution in [0.1, 0.15) is 0 Å². The van der Waals surface area contributed by atoms with E-state index in [0.29, 0.717) is 0 Å². The Balaban J connectivity index is -0.00000000333. The molecule has 0 spiro atoms. The minimum absolute atomic E-state index is 0. The van der Waals surface area contributed by atoms with Gasteiger partial charge >= 0.3 is 0 Å². The maximum absolute atomic E-state index is 8.58. The Morgan fingerprint density at radius 3 is 1.14 bits per heavy atom. The molecule has 1 amide bonds. The quantitative estimate of drug-likeness (QED) is 0.161. The van der Waals surface area contributed by atoms with Crippen molar-refractivity contribution < 1.29 is 76.7 Å². The summed E-state index contributed by atoms with van der Waals surface area (Å²) in [5, 5.41) is 0. The maximum atomic E-state index is 8.58. The van der Waals surface area contributed by atoms with Crippen molar-refractivity contribution in [3.05, 3.63) is 0 Å². The van der Waals surface area contributed by atoms with Gasteiger partial charge in [-0.15, -0.1) is 0 Å². The zero-order valence-electron chi connectivity index (χ0n) is 3.20. The number of hydrogen-bond donors (Lipinski definition) is 1. The van der Waals surface area contributed by atoms with Crippen LogP contribution < -0.4 is 77.7 Å². The Morgan fingerprint density at radius 2 is 1.14 bits per heavy atom. The number of primary amides is 1. The van der Waals surface area contributed by atoms with Gasteiger partial charge in [-0.05, 0) is 0 Å². The van der Waals surface area contributed by atoms with Gasteiger partial charge in [-0.2, -0.15) is 0 Å². The topological polar surface area (TPSA) is 43.1 Å². The molecule has 0 aliphatic rings. The first-order valence-electron chi connectivity index (χ1n) is 0.569. The molecule has 46 valence electrons. The van der Waals surface area contributed by atoms with Gasteiger partial charge in [-0.3, -0.25) is 4.79 Å². The van der Waals surface area contributed by atoms with Crippen molar-refractivity contribution in [2.24, 2.45) is 5.73 Å². The molecular weight excluding hydrogens is 630 g/mol. The van der Waals surface area contributed by atoms with E-state index in [1.165, 1.54) is 0 Å². The van der Waals surface area contributed by atoms with Crippen LogP contribution in [0.25, 0.3) is 0 Å². The second kappa shape index (κ2) is 38.5. The molecule has 0 unspecified atom stereocenters. The second-order valence-electron chi connectivity index (χ2n) is 0.136. The normalized spacial score (nSPS) is 1.71. The van der Waals surface area contributed by atoms with Crippen molar-refractivity contribution in [2.45, 2.75) is 0 Å². The Bertz CT molecular complexity index is 22.4. The first kappa shape index (κ1) is 33.6. The van der Waals surface area contributed by atoms with Crippen molar-refractivity contribution in [2.75, 3.05) is 0 Å². The Morgan fingerprint density at radius 1 is 1.14 bits per heavy atom. The van der Waals surface area contributed by atoms with Gasteiger partial charge in [0.2, 0.25) is 6.41 Å². The fourth-order valence-electron chi connectivity index (χ4n) is 0. The van der Waals surface area contributed by atoms with Crippen LogP contribution in [0.4, 0.5) is 0 Å². The number of nitrogens with two attached hydrogens (primary N) is 1. The number of hydrogen-bond acceptors (Lipinski definition) is 1. The predicted octanol–water partition coefficient (Wildman–Crippen LogP) is -10.3. The van der Waals surface area contributed by atoms with Gasteiger partial charge in [0, 0.05) is 27.3 Å². The summed E-state index contributed by atoms with van der Waals surface area (Å²) in [5.41, 5.74) is 4.17. The van der Waals surface area contributed by atoms with Gasteiger partial charge in [-0.1, -0.05) is 0 Å². The zero-order valence-corrected chi connectivity index (χ0v) is 13.6. The molecule has 6 heteroatoms. The number of rotatable bonds is 0. The Kier molecular flexibility index (Phi) is 185. The molecule has 2 nitrogen and oxygen atoms in total. The molecule has 0 saturated heterocycles. The molecular formula is CH3I3NOPb-3. The summed E-state index contributed by atoms with van der Waals surface area (Å²) >= 11 is 0. The number of amides is 1. The van der Waals surface area contributed by atoms with Crippen molar-refractivity contribution in [1.29, 1.82) is 0 Å². The van der Waals surface area contributed by atoms with Crippen LogP contribution in [0.2, 0.25) is 0 Å². The van der Waals surface area contributed by atoms with Gasteiger partial charge in [-0.25, -0.2) is 0 Å². The molecule has 7 heavy (non-hydrogen) atoms. The van der Waals surface area contributed by atoms with Crippen LogP contribution in [0.15, 0.2) is 0 Å². The van der Waals surface area contributed by atoms with E-state index in [2.05, 4.69) is 5.73 Å². The predicted molar refractivity (Wildman–Crippen MR) is 16.0 cm³/mol. The summed E-state index contributed by atoms with van der Waals surface area (Å²) in [4.78, 5) is 8.58. The molecule has 0 aromatic carbocycles. The van der Waals surface area contributed by atoms with Gasteiger partial charge < -0.3 is 77.7 Å². The minimum atomic E-state index is 0. The molecule has 0 aliphatic carbocycles. The Labute approximate surface area is 114 Å². The summed E-state index contributed by atoms with van der Waals surface area (Å²) in [6, 6.07) is 0. The van der Waals surface area contributed by atoms with E-state index in [4.69, 9.17) is 4.79 Å². The molecule has 0 rings (SSSR count). The minimum Gasteiger partial charge on any atom is -1.00 e. The SMILES string of the molecule is NC=O.[I-].[I-].[I-].[Pb]. The summed E-state index contributed by atoms with van der Waals surface area (Å²) in [6.07, 6.45) is 0.250. The van der Waals surface area contributed by atoms with Crippen LogP contribution in [-0.4, -0.2) is 33.7 Å². The molecule has 0 atom stereocenters. The summed E-state index contributed by atoms with van der Waals surface area (Å²) in [5.74, 6) is 0. The maximum Gasteiger partial charge on any atom is 0.204 e. The van der Waals surface area contributed by atoms with Gasteiger partial charge in [0.25, 0.3) is 0 Å². The fourth-order valence-corrected chi connectivity index (χ4v) is 0. The molecule has 0 aromatic rings. The van der Waals surface area contributed by atoms with Crippen LogP contribution in [0.3, 0.4) is 0 Å². The van der Waals surface area contributed by atoms with Crippen LogP contribution >= 0.6 is 0 Å². The first-order chi connectivity index (χ1) is 1.41. The molecule has 0 bridgehead atoms. The molecule has 0 aliphatic heterocycles. The smallest absolute Gasteiger partial charge is 0.204 e. The molecule has 0 saturated carbocycles. The summed E-state index contributed by atoms with van der Waals surface area (Å²) in [6.45, 7) is 0. The Hall–Kier alpha value is 2.58. The third-order valence-corrected chi connectivity index (χ3v) is 0. The van der Waals surface area contributed by atoms with Crippen molar-refractivity contribution >= 4 is 33.7 Å². The van der Waals surface area contributed by atoms with Crippen LogP contribution in [-0.2, 0) is 4.79 Å². The molecule has 0 heterocycles. The average Bonchev–Trinajstić information content (AvgIpc) is 0.918. The molecule has 0 aromatic heterocycles. The van der Waals surface area contributed by atoms with E-state index in [1.807, 2.05) is 0 Å². The molecule has 2 N–H and O–H groups in total. The van der Waals surface area contributed by atoms with Crippen LogP contribution in [0.5, 0.6) is 0 Å². The third-order valence-electron chi connectivity index (χ3n) is 0. The standard InChI is InChI=1S/CH3NO.3HI.Pb/c2-1-3;;;;/h1H,(H2,2,3);3*1H;/p-3. The molecule has 0 fully saturated rings. The largest absolute Gasteiger partial charge is 1.00 e. The van der Waals surface area contributed by atoms with E-state index >= 15 is 0 Å². The monoisotopic (exact) mass is 634 g/mol. The van der Waals surface area contributed by atoms with E-state index in [9.17, 15) is 0 Å². The number of halogens is 3. The van der Waals surface area contributed by atoms with Gasteiger partial charge in [0.15, 0.2) is 0 Å². The van der Waals surface area contributed by atoms with E-state index in [1.54, 1.807) is 0 Å². The zero-order chi connectivity index (χ0) is 2.71. The second-order valence-corrected chi connectivity index (χ2v) is 0.136. The average molecular weight is 633 g/mol. The van der Waals surface area contributed by atoms with Gasteiger partial charge in [0.05, 0.1) is 0 Å². The van der Waals surface area contributed by atoms with Crippen molar-refractivity contribution in [3.8, 4) is 0 Å².